The SMILES string of the molecule is Cc1ccc(C2c3[nH]c4ccccc4c3CCN2S(=O)(=O)c2cc(C)c(C)cc2C)cc1. The third-order valence-electron chi connectivity index (χ3n) is 6.76. The van der Waals surface area contributed by atoms with Gasteiger partial charge >= 0.3 is 0 Å². The number of nitrogens with one attached hydrogen (secondary N) is 1. The number of hydrogen-bond acceptors (Lipinski definition) is 2. The van der Waals surface area contributed by atoms with Crippen LogP contribution in [0.2, 0.25) is 0 Å². The van der Waals surface area contributed by atoms with E-state index in [4.69, 9.17) is 0 Å². The molecule has 5 heteroatoms. The molecule has 4 aromatic rings. The zero-order valence-electron chi connectivity index (χ0n) is 18.9. The maximum absolute atomic E-state index is 14.1. The molecule has 32 heavy (non-hydrogen) atoms. The van der Waals surface area contributed by atoms with E-state index < -0.39 is 16.1 Å². The molecule has 2 heterocycles. The molecule has 0 bridgehead atoms. The van der Waals surface area contributed by atoms with E-state index >= 15 is 0 Å². The Morgan fingerprint density at radius 1 is 0.875 bits per heavy atom. The fourth-order valence-electron chi connectivity index (χ4n) is 4.90. The molecule has 0 saturated carbocycles. The van der Waals surface area contributed by atoms with Crippen LogP contribution in [-0.4, -0.2) is 24.3 Å². The number of sulfonamides is 1. The van der Waals surface area contributed by atoms with Crippen LogP contribution >= 0.6 is 0 Å². The number of aromatic amines is 1. The molecule has 164 valence electrons. The first-order valence-corrected chi connectivity index (χ1v) is 12.5. The molecule has 0 aliphatic carbocycles. The van der Waals surface area contributed by atoms with Crippen LogP contribution in [0.1, 0.15) is 45.1 Å². The Labute approximate surface area is 190 Å². The highest BCUT2D eigenvalue weighted by Gasteiger charge is 2.39. The van der Waals surface area contributed by atoms with Gasteiger partial charge in [0.2, 0.25) is 10.0 Å². The van der Waals surface area contributed by atoms with Crippen molar-refractivity contribution in [2.24, 2.45) is 0 Å². The third kappa shape index (κ3) is 3.28. The molecular formula is C27H28N2O2S. The number of fused-ring (bicyclic) bond motifs is 3. The molecule has 0 amide bonds. The van der Waals surface area contributed by atoms with Crippen molar-refractivity contribution in [2.45, 2.75) is 45.1 Å². The highest BCUT2D eigenvalue weighted by Crippen LogP contribution is 2.41. The lowest BCUT2D eigenvalue weighted by molar-refractivity contribution is 0.340. The topological polar surface area (TPSA) is 53.2 Å². The van der Waals surface area contributed by atoms with Gasteiger partial charge in [-0.15, -0.1) is 0 Å². The number of H-pyrrole nitrogens is 1. The largest absolute Gasteiger partial charge is 0.357 e. The zero-order chi connectivity index (χ0) is 22.6. The minimum Gasteiger partial charge on any atom is -0.357 e. The minimum absolute atomic E-state index is 0.391. The molecule has 0 fully saturated rings. The molecule has 1 aromatic heterocycles. The quantitative estimate of drug-likeness (QED) is 0.438. The predicted octanol–water partition coefficient (Wildman–Crippen LogP) is 5.74. The van der Waals surface area contributed by atoms with E-state index in [2.05, 4.69) is 41.4 Å². The van der Waals surface area contributed by atoms with Crippen molar-refractivity contribution in [1.82, 2.24) is 9.29 Å². The normalized spacial score (nSPS) is 16.9. The van der Waals surface area contributed by atoms with Crippen molar-refractivity contribution >= 4 is 20.9 Å². The van der Waals surface area contributed by atoms with E-state index in [1.807, 2.05) is 52.0 Å². The standard InChI is InChI=1S/C27H28N2O2S/c1-17-9-11-21(12-10-17)27-26-23(22-7-5-6-8-24(22)28-26)13-14-29(27)32(30,31)25-16-19(3)18(2)15-20(25)4/h5-12,15-16,27-28H,13-14H2,1-4H3. The van der Waals surface area contributed by atoms with Gasteiger partial charge in [-0.3, -0.25) is 0 Å². The van der Waals surface area contributed by atoms with Crippen LogP contribution in [-0.2, 0) is 16.4 Å². The van der Waals surface area contributed by atoms with E-state index in [9.17, 15) is 8.42 Å². The van der Waals surface area contributed by atoms with E-state index in [1.165, 1.54) is 10.9 Å². The molecule has 1 N–H and O–H groups in total. The second kappa shape index (κ2) is 7.61. The van der Waals surface area contributed by atoms with Gasteiger partial charge in [0.1, 0.15) is 0 Å². The van der Waals surface area contributed by atoms with E-state index in [0.717, 1.165) is 39.0 Å². The highest BCUT2D eigenvalue weighted by atomic mass is 32.2. The first-order valence-electron chi connectivity index (χ1n) is 11.0. The summed E-state index contributed by atoms with van der Waals surface area (Å²) >= 11 is 0. The second-order valence-corrected chi connectivity index (χ2v) is 10.8. The van der Waals surface area contributed by atoms with Crippen LogP contribution in [0.25, 0.3) is 10.9 Å². The van der Waals surface area contributed by atoms with Crippen molar-refractivity contribution in [2.75, 3.05) is 6.54 Å². The molecule has 5 rings (SSSR count). The van der Waals surface area contributed by atoms with E-state index in [1.54, 1.807) is 4.31 Å². The van der Waals surface area contributed by atoms with Crippen molar-refractivity contribution in [3.8, 4) is 0 Å². The maximum atomic E-state index is 14.1. The fourth-order valence-corrected chi connectivity index (χ4v) is 6.78. The molecule has 4 nitrogen and oxygen atoms in total. The van der Waals surface area contributed by atoms with Crippen LogP contribution in [0.3, 0.4) is 0 Å². The molecule has 0 saturated heterocycles. The number of rotatable bonds is 3. The first-order chi connectivity index (χ1) is 15.3. The summed E-state index contributed by atoms with van der Waals surface area (Å²) in [6, 6.07) is 19.9. The van der Waals surface area contributed by atoms with Gasteiger partial charge in [-0.1, -0.05) is 54.1 Å². The zero-order valence-corrected chi connectivity index (χ0v) is 19.8. The van der Waals surface area contributed by atoms with Crippen molar-refractivity contribution in [3.05, 3.63) is 99.7 Å². The summed E-state index contributed by atoms with van der Waals surface area (Å²) in [5.41, 5.74) is 8.27. The minimum atomic E-state index is -3.71. The molecule has 0 spiro atoms. The number of para-hydroxylation sites is 1. The van der Waals surface area contributed by atoms with Crippen LogP contribution in [0.5, 0.6) is 0 Å². The first kappa shape index (κ1) is 21.0. The smallest absolute Gasteiger partial charge is 0.244 e. The predicted molar refractivity (Wildman–Crippen MR) is 130 cm³/mol. The highest BCUT2D eigenvalue weighted by molar-refractivity contribution is 7.89. The number of hydrogen-bond donors (Lipinski definition) is 1. The lowest BCUT2D eigenvalue weighted by atomic mass is 9.94. The number of benzene rings is 3. The van der Waals surface area contributed by atoms with Crippen LogP contribution in [0.15, 0.2) is 65.6 Å². The molecule has 1 aliphatic rings. The van der Waals surface area contributed by atoms with Gasteiger partial charge < -0.3 is 4.98 Å². The van der Waals surface area contributed by atoms with Gasteiger partial charge in [0.25, 0.3) is 0 Å². The summed E-state index contributed by atoms with van der Waals surface area (Å²) in [4.78, 5) is 3.96. The Morgan fingerprint density at radius 2 is 1.56 bits per heavy atom. The summed E-state index contributed by atoms with van der Waals surface area (Å²) < 4.78 is 29.8. The molecule has 1 aliphatic heterocycles. The Kier molecular flexibility index (Phi) is 4.99. The molecule has 0 radical (unpaired) electrons. The second-order valence-electron chi connectivity index (χ2n) is 8.94. The monoisotopic (exact) mass is 444 g/mol. The van der Waals surface area contributed by atoms with Gasteiger partial charge in [0.05, 0.1) is 10.9 Å². The van der Waals surface area contributed by atoms with Crippen LogP contribution in [0.4, 0.5) is 0 Å². The molecule has 1 atom stereocenters. The average molecular weight is 445 g/mol. The van der Waals surface area contributed by atoms with Crippen molar-refractivity contribution < 1.29 is 8.42 Å². The van der Waals surface area contributed by atoms with Gasteiger partial charge in [-0.2, -0.15) is 4.31 Å². The Bertz CT molecular complexity index is 1430. The summed E-state index contributed by atoms with van der Waals surface area (Å²) in [6.07, 6.45) is 0.685. The summed E-state index contributed by atoms with van der Waals surface area (Å²) in [6.45, 7) is 8.37. The average Bonchev–Trinajstić information content (AvgIpc) is 3.15. The Balaban J connectivity index is 1.72. The lowest BCUT2D eigenvalue weighted by Gasteiger charge is -2.35. The third-order valence-corrected chi connectivity index (χ3v) is 8.77. The number of aryl methyl sites for hydroxylation is 4. The van der Waals surface area contributed by atoms with Crippen LogP contribution < -0.4 is 0 Å². The van der Waals surface area contributed by atoms with Crippen molar-refractivity contribution in [3.63, 3.8) is 0 Å². The van der Waals surface area contributed by atoms with Gasteiger partial charge in [-0.05, 0) is 74.1 Å². The molecule has 3 aromatic carbocycles. The Morgan fingerprint density at radius 3 is 2.31 bits per heavy atom. The maximum Gasteiger partial charge on any atom is 0.244 e. The lowest BCUT2D eigenvalue weighted by Crippen LogP contribution is -2.40. The molecule has 1 unspecified atom stereocenters. The van der Waals surface area contributed by atoms with E-state index in [0.29, 0.717) is 17.9 Å². The van der Waals surface area contributed by atoms with Crippen molar-refractivity contribution in [1.29, 1.82) is 0 Å². The van der Waals surface area contributed by atoms with Gasteiger partial charge in [0, 0.05) is 23.1 Å². The number of aromatic nitrogens is 1. The van der Waals surface area contributed by atoms with Crippen LogP contribution in [0, 0.1) is 27.7 Å². The van der Waals surface area contributed by atoms with Gasteiger partial charge in [0.15, 0.2) is 0 Å². The summed E-state index contributed by atoms with van der Waals surface area (Å²) in [5, 5.41) is 1.18. The molecular weight excluding hydrogens is 416 g/mol. The fraction of sp³-hybridized carbons (Fsp3) is 0.259. The number of nitrogens with zero attached hydrogens (tertiary/aromatic N) is 1. The summed E-state index contributed by atoms with van der Waals surface area (Å²) in [7, 11) is -3.71. The Hall–Kier alpha value is -2.89. The van der Waals surface area contributed by atoms with E-state index in [-0.39, 0.29) is 0 Å². The van der Waals surface area contributed by atoms with Gasteiger partial charge in [-0.25, -0.2) is 8.42 Å². The summed E-state index contributed by atoms with van der Waals surface area (Å²) in [5.74, 6) is 0.